The van der Waals surface area contributed by atoms with Crippen LogP contribution < -0.4 is 4.74 Å². The van der Waals surface area contributed by atoms with Crippen LogP contribution in [0.3, 0.4) is 0 Å². The van der Waals surface area contributed by atoms with Gasteiger partial charge < -0.3 is 14.2 Å². The van der Waals surface area contributed by atoms with E-state index in [0.29, 0.717) is 42.6 Å². The molecule has 1 aliphatic rings. The van der Waals surface area contributed by atoms with Gasteiger partial charge in [0.05, 0.1) is 10.2 Å². The molecule has 0 spiro atoms. The maximum atomic E-state index is 13.3. The fourth-order valence-electron chi connectivity index (χ4n) is 2.88. The number of fused-ring (bicyclic) bond motifs is 1. The highest BCUT2D eigenvalue weighted by Gasteiger charge is 2.27. The molecule has 0 saturated carbocycles. The van der Waals surface area contributed by atoms with E-state index >= 15 is 0 Å². The molecule has 1 aromatic carbocycles. The Morgan fingerprint density at radius 1 is 1.36 bits per heavy atom. The Morgan fingerprint density at radius 2 is 2.16 bits per heavy atom. The summed E-state index contributed by atoms with van der Waals surface area (Å²) in [6.45, 7) is 2.94. The molecule has 25 heavy (non-hydrogen) atoms. The topological polar surface area (TPSA) is 68.5 Å². The van der Waals surface area contributed by atoms with Crippen LogP contribution in [0, 0.1) is 12.7 Å². The quantitative estimate of drug-likeness (QED) is 0.715. The number of piperidine rings is 1. The second-order valence-electron chi connectivity index (χ2n) is 6.02. The lowest BCUT2D eigenvalue weighted by Crippen LogP contribution is -2.41. The first-order valence-electron chi connectivity index (χ1n) is 8.04. The number of aryl methyl sites for hydroxylation is 1. The molecule has 1 fully saturated rings. The standard InChI is InChI=1S/C17H16FN3O3S/c1-10-8-14(20-24-10)16(22)21-6-4-12(5-7-21)23-17-19-13-3-2-11(18)9-15(13)25-17/h2-3,8-9,12H,4-7H2,1H3. The second kappa shape index (κ2) is 6.44. The third kappa shape index (κ3) is 3.34. The van der Waals surface area contributed by atoms with Gasteiger partial charge in [-0.15, -0.1) is 0 Å². The zero-order valence-electron chi connectivity index (χ0n) is 13.6. The van der Waals surface area contributed by atoms with Crippen molar-refractivity contribution in [2.75, 3.05) is 13.1 Å². The van der Waals surface area contributed by atoms with Crippen LogP contribution in [-0.4, -0.2) is 40.1 Å². The Labute approximate surface area is 147 Å². The number of amides is 1. The van der Waals surface area contributed by atoms with E-state index in [-0.39, 0.29) is 17.8 Å². The third-order valence-corrected chi connectivity index (χ3v) is 5.08. The predicted octanol–water partition coefficient (Wildman–Crippen LogP) is 3.42. The first kappa shape index (κ1) is 16.0. The number of hydrogen-bond donors (Lipinski definition) is 0. The van der Waals surface area contributed by atoms with E-state index in [1.807, 2.05) is 0 Å². The summed E-state index contributed by atoms with van der Waals surface area (Å²) < 4.78 is 24.9. The number of aromatic nitrogens is 2. The molecular weight excluding hydrogens is 345 g/mol. The molecule has 3 heterocycles. The van der Waals surface area contributed by atoms with Gasteiger partial charge in [0, 0.05) is 32.0 Å². The number of carbonyl (C=O) groups excluding carboxylic acids is 1. The van der Waals surface area contributed by atoms with Crippen LogP contribution >= 0.6 is 11.3 Å². The highest BCUT2D eigenvalue weighted by Crippen LogP contribution is 2.30. The minimum Gasteiger partial charge on any atom is -0.467 e. The van der Waals surface area contributed by atoms with Crippen LogP contribution in [0.15, 0.2) is 28.8 Å². The monoisotopic (exact) mass is 361 g/mol. The lowest BCUT2D eigenvalue weighted by atomic mass is 10.1. The Morgan fingerprint density at radius 3 is 2.88 bits per heavy atom. The first-order valence-corrected chi connectivity index (χ1v) is 8.85. The first-order chi connectivity index (χ1) is 12.1. The van der Waals surface area contributed by atoms with Gasteiger partial charge in [-0.2, -0.15) is 0 Å². The maximum absolute atomic E-state index is 13.3. The molecular formula is C17H16FN3O3S. The molecule has 3 aromatic rings. The second-order valence-corrected chi connectivity index (χ2v) is 7.02. The molecule has 8 heteroatoms. The lowest BCUT2D eigenvalue weighted by Gasteiger charge is -2.31. The molecule has 4 rings (SSSR count). The van der Waals surface area contributed by atoms with E-state index in [4.69, 9.17) is 9.26 Å². The predicted molar refractivity (Wildman–Crippen MR) is 90.4 cm³/mol. The zero-order chi connectivity index (χ0) is 17.4. The van der Waals surface area contributed by atoms with Crippen LogP contribution in [0.2, 0.25) is 0 Å². The van der Waals surface area contributed by atoms with Crippen molar-refractivity contribution in [3.8, 4) is 5.19 Å². The number of benzene rings is 1. The highest BCUT2D eigenvalue weighted by atomic mass is 32.1. The van der Waals surface area contributed by atoms with Gasteiger partial charge in [0.1, 0.15) is 17.7 Å². The van der Waals surface area contributed by atoms with E-state index < -0.39 is 0 Å². The fourth-order valence-corrected chi connectivity index (χ4v) is 3.78. The van der Waals surface area contributed by atoms with Crippen molar-refractivity contribution in [2.24, 2.45) is 0 Å². The number of carbonyl (C=O) groups is 1. The van der Waals surface area contributed by atoms with E-state index in [9.17, 15) is 9.18 Å². The van der Waals surface area contributed by atoms with Crippen molar-refractivity contribution >= 4 is 27.5 Å². The molecule has 0 radical (unpaired) electrons. The number of rotatable bonds is 3. The lowest BCUT2D eigenvalue weighted by molar-refractivity contribution is 0.0586. The van der Waals surface area contributed by atoms with Gasteiger partial charge in [0.25, 0.3) is 11.1 Å². The fraction of sp³-hybridized carbons (Fsp3) is 0.353. The summed E-state index contributed by atoms with van der Waals surface area (Å²) in [5.41, 5.74) is 1.07. The SMILES string of the molecule is Cc1cc(C(=O)N2CCC(Oc3nc4ccc(F)cc4s3)CC2)no1. The molecule has 2 aromatic heterocycles. The highest BCUT2D eigenvalue weighted by molar-refractivity contribution is 7.20. The molecule has 0 bridgehead atoms. The number of hydrogen-bond acceptors (Lipinski definition) is 6. The summed E-state index contributed by atoms with van der Waals surface area (Å²) in [7, 11) is 0. The van der Waals surface area contributed by atoms with E-state index in [1.54, 1.807) is 24.0 Å². The average Bonchev–Trinajstić information content (AvgIpc) is 3.20. The van der Waals surface area contributed by atoms with Crippen molar-refractivity contribution in [3.63, 3.8) is 0 Å². The summed E-state index contributed by atoms with van der Waals surface area (Å²) >= 11 is 1.34. The Bertz CT molecular complexity index is 915. The molecule has 0 N–H and O–H groups in total. The van der Waals surface area contributed by atoms with Crippen molar-refractivity contribution in [2.45, 2.75) is 25.9 Å². The van der Waals surface area contributed by atoms with Crippen LogP contribution in [0.4, 0.5) is 4.39 Å². The Kier molecular flexibility index (Phi) is 4.12. The van der Waals surface area contributed by atoms with Gasteiger partial charge in [0.2, 0.25) is 0 Å². The molecule has 0 unspecified atom stereocenters. The summed E-state index contributed by atoms with van der Waals surface area (Å²) in [5.74, 6) is 0.220. The molecule has 0 aliphatic carbocycles. The van der Waals surface area contributed by atoms with Crippen molar-refractivity contribution in [3.05, 3.63) is 41.5 Å². The normalized spacial score (nSPS) is 15.7. The van der Waals surface area contributed by atoms with Gasteiger partial charge in [-0.3, -0.25) is 4.79 Å². The molecule has 130 valence electrons. The number of ether oxygens (including phenoxy) is 1. The molecule has 1 aliphatic heterocycles. The molecule has 6 nitrogen and oxygen atoms in total. The minimum absolute atomic E-state index is 0.00601. The Balaban J connectivity index is 1.37. The van der Waals surface area contributed by atoms with Crippen LogP contribution in [-0.2, 0) is 0 Å². The molecule has 0 atom stereocenters. The van der Waals surface area contributed by atoms with Crippen molar-refractivity contribution in [1.82, 2.24) is 15.0 Å². The number of likely N-dealkylation sites (tertiary alicyclic amines) is 1. The van der Waals surface area contributed by atoms with Gasteiger partial charge in [-0.25, -0.2) is 9.37 Å². The number of thiazole rings is 1. The average molecular weight is 361 g/mol. The van der Waals surface area contributed by atoms with Crippen molar-refractivity contribution in [1.29, 1.82) is 0 Å². The number of nitrogens with zero attached hydrogens (tertiary/aromatic N) is 3. The van der Waals surface area contributed by atoms with Gasteiger partial charge >= 0.3 is 0 Å². The van der Waals surface area contributed by atoms with Gasteiger partial charge in [-0.05, 0) is 25.1 Å². The molecule has 1 amide bonds. The van der Waals surface area contributed by atoms with Gasteiger partial charge in [-0.1, -0.05) is 16.5 Å². The summed E-state index contributed by atoms with van der Waals surface area (Å²) in [6.07, 6.45) is 1.42. The van der Waals surface area contributed by atoms with E-state index in [0.717, 1.165) is 10.2 Å². The minimum atomic E-state index is -0.280. The van der Waals surface area contributed by atoms with Crippen LogP contribution in [0.25, 0.3) is 10.2 Å². The zero-order valence-corrected chi connectivity index (χ0v) is 14.4. The van der Waals surface area contributed by atoms with Crippen LogP contribution in [0.5, 0.6) is 5.19 Å². The smallest absolute Gasteiger partial charge is 0.276 e. The van der Waals surface area contributed by atoms with Gasteiger partial charge in [0.15, 0.2) is 5.69 Å². The summed E-state index contributed by atoms with van der Waals surface area (Å²) in [4.78, 5) is 18.5. The largest absolute Gasteiger partial charge is 0.467 e. The number of halogens is 1. The summed E-state index contributed by atoms with van der Waals surface area (Å²) in [5, 5.41) is 4.31. The third-order valence-electron chi connectivity index (χ3n) is 4.17. The maximum Gasteiger partial charge on any atom is 0.276 e. The molecule has 1 saturated heterocycles. The van der Waals surface area contributed by atoms with E-state index in [2.05, 4.69) is 10.1 Å². The summed E-state index contributed by atoms with van der Waals surface area (Å²) in [6, 6.07) is 6.14. The van der Waals surface area contributed by atoms with Crippen LogP contribution in [0.1, 0.15) is 29.1 Å². The van der Waals surface area contributed by atoms with Crippen molar-refractivity contribution < 1.29 is 18.4 Å². The Hall–Kier alpha value is -2.48. The van der Waals surface area contributed by atoms with E-state index in [1.165, 1.54) is 23.5 Å².